The SMILES string of the molecule is N#Cc1cc(-n2c3ccccc3c3cc(-n4c5ccccc5c5ccccc54)ccc32)c(-c2nc(-c3ccccc3)cc(-c3ccccc3)n2)c(-n2c3ccccc3c3cc(-n4c5ccccc5c5ccccc54)ccc32)c1. The van der Waals surface area contributed by atoms with Gasteiger partial charge >= 0.3 is 0 Å². The van der Waals surface area contributed by atoms with Gasteiger partial charge in [0, 0.05) is 65.6 Å². The van der Waals surface area contributed by atoms with Gasteiger partial charge < -0.3 is 18.3 Å². The summed E-state index contributed by atoms with van der Waals surface area (Å²) in [5.74, 6) is 0.533. The zero-order valence-electron chi connectivity index (χ0n) is 42.0. The standard InChI is InChI=1S/C71H43N7/c72-44-45-39-68(77-64-33-17-11-27-54(64)56-41-48(35-37-66(56)77)75-60-29-13-7-23-50(60)51-24-8-14-30-61(51)75)70(71-73-58(46-19-3-1-4-20-46)43-59(74-71)47-21-5-2-6-22-47)69(40-45)78-65-34-18-12-28-55(65)57-42-49(36-38-67(57)78)76-62-31-15-9-25-52(62)53-26-10-16-32-63(53)76/h1-43H. The lowest BCUT2D eigenvalue weighted by molar-refractivity contribution is 1.10. The first kappa shape index (κ1) is 43.6. The van der Waals surface area contributed by atoms with Crippen molar-refractivity contribution in [1.82, 2.24) is 28.2 Å². The van der Waals surface area contributed by atoms with E-state index in [2.05, 4.69) is 261 Å². The smallest absolute Gasteiger partial charge is 0.164 e. The number of para-hydroxylation sites is 6. The highest BCUT2D eigenvalue weighted by atomic mass is 15.1. The maximum Gasteiger partial charge on any atom is 0.164 e. The summed E-state index contributed by atoms with van der Waals surface area (Å²) < 4.78 is 9.40. The van der Waals surface area contributed by atoms with Gasteiger partial charge in [0.2, 0.25) is 0 Å². The normalized spacial score (nSPS) is 11.8. The van der Waals surface area contributed by atoms with Crippen molar-refractivity contribution in [1.29, 1.82) is 5.26 Å². The van der Waals surface area contributed by atoms with Gasteiger partial charge in [-0.25, -0.2) is 9.97 Å². The minimum atomic E-state index is 0.506. The second kappa shape index (κ2) is 17.1. The van der Waals surface area contributed by atoms with Gasteiger partial charge in [0.05, 0.1) is 84.1 Å². The van der Waals surface area contributed by atoms with Crippen LogP contribution in [0.5, 0.6) is 0 Å². The molecule has 0 aliphatic rings. The van der Waals surface area contributed by atoms with Crippen LogP contribution in [0, 0.1) is 11.3 Å². The number of benzene rings is 11. The molecular formula is C71H43N7. The van der Waals surface area contributed by atoms with E-state index >= 15 is 0 Å². The monoisotopic (exact) mass is 993 g/mol. The van der Waals surface area contributed by atoms with Crippen LogP contribution in [0.3, 0.4) is 0 Å². The summed E-state index contributed by atoms with van der Waals surface area (Å²) in [4.78, 5) is 11.2. The van der Waals surface area contributed by atoms with Crippen LogP contribution in [0.15, 0.2) is 261 Å². The van der Waals surface area contributed by atoms with Crippen molar-refractivity contribution in [2.75, 3.05) is 0 Å². The third-order valence-corrected chi connectivity index (χ3v) is 15.8. The van der Waals surface area contributed by atoms with Crippen LogP contribution in [0.2, 0.25) is 0 Å². The Morgan fingerprint density at radius 3 is 0.949 bits per heavy atom. The van der Waals surface area contributed by atoms with Crippen LogP contribution in [0.4, 0.5) is 0 Å². The Hall–Kier alpha value is -10.8. The lowest BCUT2D eigenvalue weighted by Crippen LogP contribution is -2.08. The topological polar surface area (TPSA) is 69.3 Å². The van der Waals surface area contributed by atoms with Gasteiger partial charge in [0.25, 0.3) is 0 Å². The van der Waals surface area contributed by atoms with E-state index in [0.717, 1.165) is 117 Å². The van der Waals surface area contributed by atoms with Gasteiger partial charge in [-0.2, -0.15) is 5.26 Å². The van der Waals surface area contributed by atoms with Crippen molar-refractivity contribution in [2.24, 2.45) is 0 Å². The molecule has 0 fully saturated rings. The maximum absolute atomic E-state index is 11.3. The fourth-order valence-corrected chi connectivity index (χ4v) is 12.5. The number of nitrogens with zero attached hydrogens (tertiary/aromatic N) is 7. The van der Waals surface area contributed by atoms with Crippen molar-refractivity contribution in [3.8, 4) is 62.7 Å². The molecule has 0 saturated heterocycles. The summed E-state index contributed by atoms with van der Waals surface area (Å²) in [5, 5.41) is 20.5. The summed E-state index contributed by atoms with van der Waals surface area (Å²) >= 11 is 0. The Balaban J connectivity index is 1.02. The van der Waals surface area contributed by atoms with Crippen molar-refractivity contribution in [3.05, 3.63) is 266 Å². The van der Waals surface area contributed by atoms with E-state index in [1.165, 1.54) is 21.5 Å². The third-order valence-electron chi connectivity index (χ3n) is 15.8. The van der Waals surface area contributed by atoms with Crippen molar-refractivity contribution >= 4 is 87.2 Å². The quantitative estimate of drug-likeness (QED) is 0.160. The molecule has 0 saturated carbocycles. The number of hydrogen-bond acceptors (Lipinski definition) is 3. The van der Waals surface area contributed by atoms with E-state index in [1.807, 2.05) is 24.3 Å². The third kappa shape index (κ3) is 6.51. The molecule has 5 heterocycles. The summed E-state index contributed by atoms with van der Waals surface area (Å²) in [6, 6.07) is 94.8. The molecule has 0 N–H and O–H groups in total. The Labute approximate surface area is 447 Å². The van der Waals surface area contributed by atoms with Gasteiger partial charge in [-0.05, 0) is 91.0 Å². The molecule has 78 heavy (non-hydrogen) atoms. The highest BCUT2D eigenvalue weighted by Crippen LogP contribution is 2.45. The van der Waals surface area contributed by atoms with Crippen molar-refractivity contribution in [2.45, 2.75) is 0 Å². The molecule has 0 spiro atoms. The first-order chi connectivity index (χ1) is 38.7. The molecule has 11 aromatic carbocycles. The molecule has 7 nitrogen and oxygen atoms in total. The molecule has 0 amide bonds. The molecule has 0 aliphatic heterocycles. The summed E-state index contributed by atoms with van der Waals surface area (Å²) in [5.41, 5.74) is 17.1. The van der Waals surface area contributed by atoms with Crippen molar-refractivity contribution < 1.29 is 0 Å². The van der Waals surface area contributed by atoms with Gasteiger partial charge in [-0.15, -0.1) is 0 Å². The zero-order chi connectivity index (χ0) is 51.4. The number of aromatic nitrogens is 6. The molecule has 16 rings (SSSR count). The number of fused-ring (bicyclic) bond motifs is 12. The van der Waals surface area contributed by atoms with Crippen molar-refractivity contribution in [3.63, 3.8) is 0 Å². The molecule has 16 aromatic rings. The van der Waals surface area contributed by atoms with E-state index in [9.17, 15) is 5.26 Å². The average Bonchev–Trinajstić information content (AvgIpc) is 4.43. The van der Waals surface area contributed by atoms with E-state index in [1.54, 1.807) is 0 Å². The highest BCUT2D eigenvalue weighted by Gasteiger charge is 2.27. The van der Waals surface area contributed by atoms with Crippen LogP contribution in [0.25, 0.3) is 144 Å². The number of rotatable bonds is 7. The molecule has 0 radical (unpaired) electrons. The molecule has 0 unspecified atom stereocenters. The average molecular weight is 994 g/mol. The molecule has 0 bridgehead atoms. The van der Waals surface area contributed by atoms with E-state index in [4.69, 9.17) is 9.97 Å². The minimum absolute atomic E-state index is 0.506. The van der Waals surface area contributed by atoms with E-state index in [0.29, 0.717) is 11.4 Å². The van der Waals surface area contributed by atoms with E-state index in [-0.39, 0.29) is 0 Å². The molecule has 0 atom stereocenters. The first-order valence-electron chi connectivity index (χ1n) is 26.3. The Morgan fingerprint density at radius 1 is 0.282 bits per heavy atom. The molecular weight excluding hydrogens is 951 g/mol. The Bertz CT molecular complexity index is 4750. The summed E-state index contributed by atoms with van der Waals surface area (Å²) in [6.07, 6.45) is 0. The first-order valence-corrected chi connectivity index (χ1v) is 26.3. The fourth-order valence-electron chi connectivity index (χ4n) is 12.5. The zero-order valence-corrected chi connectivity index (χ0v) is 42.0. The predicted octanol–water partition coefficient (Wildman–Crippen LogP) is 17.7. The van der Waals surface area contributed by atoms with Crippen LogP contribution in [0.1, 0.15) is 5.56 Å². The molecule has 5 aromatic heterocycles. The lowest BCUT2D eigenvalue weighted by atomic mass is 10.0. The van der Waals surface area contributed by atoms with Crippen LogP contribution in [-0.4, -0.2) is 28.2 Å². The van der Waals surface area contributed by atoms with E-state index < -0.39 is 0 Å². The molecule has 362 valence electrons. The summed E-state index contributed by atoms with van der Waals surface area (Å²) in [7, 11) is 0. The van der Waals surface area contributed by atoms with Crippen LogP contribution < -0.4 is 0 Å². The second-order valence-electron chi connectivity index (χ2n) is 20.0. The van der Waals surface area contributed by atoms with Gasteiger partial charge in [-0.1, -0.05) is 170 Å². The Morgan fingerprint density at radius 2 is 0.590 bits per heavy atom. The number of nitriles is 1. The van der Waals surface area contributed by atoms with Gasteiger partial charge in [-0.3, -0.25) is 0 Å². The van der Waals surface area contributed by atoms with Gasteiger partial charge in [0.15, 0.2) is 5.82 Å². The van der Waals surface area contributed by atoms with Crippen LogP contribution >= 0.6 is 0 Å². The number of hydrogen-bond donors (Lipinski definition) is 0. The fraction of sp³-hybridized carbons (Fsp3) is 0. The second-order valence-corrected chi connectivity index (χ2v) is 20.0. The summed E-state index contributed by atoms with van der Waals surface area (Å²) in [6.45, 7) is 0. The molecule has 0 aliphatic carbocycles. The maximum atomic E-state index is 11.3. The largest absolute Gasteiger partial charge is 0.309 e. The highest BCUT2D eigenvalue weighted by molar-refractivity contribution is 6.15. The lowest BCUT2D eigenvalue weighted by Gasteiger charge is -2.21. The predicted molar refractivity (Wildman–Crippen MR) is 320 cm³/mol. The Kier molecular flexibility index (Phi) is 9.56. The van der Waals surface area contributed by atoms with Gasteiger partial charge in [0.1, 0.15) is 0 Å². The minimum Gasteiger partial charge on any atom is -0.309 e. The molecule has 7 heteroatoms. The van der Waals surface area contributed by atoms with Crippen LogP contribution in [-0.2, 0) is 0 Å².